The highest BCUT2D eigenvalue weighted by Crippen LogP contribution is 2.45. The van der Waals surface area contributed by atoms with Gasteiger partial charge in [-0.05, 0) is 108 Å². The van der Waals surface area contributed by atoms with Crippen molar-refractivity contribution in [2.24, 2.45) is 41.4 Å². The van der Waals surface area contributed by atoms with Crippen LogP contribution in [0.2, 0.25) is 0 Å². The molecular weight excluding hydrogens is 771 g/mol. The molecule has 14 nitrogen and oxygen atoms in total. The lowest BCUT2D eigenvalue weighted by Gasteiger charge is -2.49. The van der Waals surface area contributed by atoms with Gasteiger partial charge in [0.1, 0.15) is 18.1 Å². The molecule has 0 spiro atoms. The van der Waals surface area contributed by atoms with E-state index < -0.39 is 18.1 Å². The molecule has 5 aliphatic heterocycles. The predicted octanol–water partition coefficient (Wildman–Crippen LogP) is 3.64. The van der Waals surface area contributed by atoms with E-state index in [-0.39, 0.29) is 18.2 Å². The first-order chi connectivity index (χ1) is 29.4. The van der Waals surface area contributed by atoms with Gasteiger partial charge in [0.2, 0.25) is 0 Å². The van der Waals surface area contributed by atoms with Gasteiger partial charge in [0.25, 0.3) is 0 Å². The van der Waals surface area contributed by atoms with Gasteiger partial charge in [0, 0.05) is 114 Å². The van der Waals surface area contributed by atoms with E-state index in [1.165, 1.54) is 44.9 Å². The number of aliphatic hydroxyl groups is 2. The van der Waals surface area contributed by atoms with Crippen LogP contribution >= 0.6 is 0 Å². The lowest BCUT2D eigenvalue weighted by atomic mass is 9.64. The molecule has 0 aromatic carbocycles. The van der Waals surface area contributed by atoms with E-state index in [1.807, 2.05) is 25.7 Å². The van der Waals surface area contributed by atoms with Gasteiger partial charge in [-0.15, -0.1) is 0 Å². The monoisotopic (exact) mass is 860 g/mol. The number of ether oxygens (including phenoxy) is 2. The number of hydrazine groups is 1. The first-order valence-corrected chi connectivity index (χ1v) is 25.3. The second kappa shape index (κ2) is 22.3. The number of nitrogens with one attached hydrogen (secondary N) is 6. The van der Waals surface area contributed by atoms with Crippen LogP contribution in [0.5, 0.6) is 0 Å². The molecule has 14 atom stereocenters. The highest BCUT2D eigenvalue weighted by molar-refractivity contribution is 5.68. The van der Waals surface area contributed by atoms with E-state index in [9.17, 15) is 15.0 Å². The fraction of sp³-hybridized carbons (Fsp3) is 0.979. The summed E-state index contributed by atoms with van der Waals surface area (Å²) in [5.74, 6) is 4.39. The molecule has 0 radical (unpaired) electrons. The summed E-state index contributed by atoms with van der Waals surface area (Å²) in [4.78, 5) is 17.1. The summed E-state index contributed by atoms with van der Waals surface area (Å²) in [6.07, 6.45) is 13.8. The smallest absolute Gasteiger partial charge is 0.410 e. The molecule has 5 saturated heterocycles. The lowest BCUT2D eigenvalue weighted by Crippen LogP contribution is -2.68. The predicted molar refractivity (Wildman–Crippen MR) is 241 cm³/mol. The quantitative estimate of drug-likeness (QED) is 0.113. The summed E-state index contributed by atoms with van der Waals surface area (Å²) in [7, 11) is 0. The zero-order chi connectivity index (χ0) is 43.1. The normalized spacial score (nSPS) is 38.5. The maximum Gasteiger partial charge on any atom is 0.410 e. The van der Waals surface area contributed by atoms with Crippen molar-refractivity contribution >= 4 is 6.09 Å². The molecule has 1 amide bonds. The van der Waals surface area contributed by atoms with Crippen LogP contribution in [0.3, 0.4) is 0 Å². The molecule has 2 aliphatic carbocycles. The Morgan fingerprint density at radius 1 is 0.836 bits per heavy atom. The number of hydrogen-bond acceptors (Lipinski definition) is 13. The average molecular weight is 860 g/mol. The highest BCUT2D eigenvalue weighted by Gasteiger charge is 2.49. The first kappa shape index (κ1) is 47.8. The van der Waals surface area contributed by atoms with Crippen molar-refractivity contribution in [1.29, 1.82) is 0 Å². The van der Waals surface area contributed by atoms with E-state index in [1.54, 1.807) is 0 Å². The summed E-state index contributed by atoms with van der Waals surface area (Å²) in [6.45, 7) is 22.5. The van der Waals surface area contributed by atoms with Crippen LogP contribution in [0.15, 0.2) is 0 Å². The van der Waals surface area contributed by atoms with Gasteiger partial charge in [0.05, 0.1) is 6.17 Å². The summed E-state index contributed by atoms with van der Waals surface area (Å²) >= 11 is 0. The molecule has 7 aliphatic rings. The van der Waals surface area contributed by atoms with Gasteiger partial charge >= 0.3 is 6.09 Å². The summed E-state index contributed by atoms with van der Waals surface area (Å²) in [5.41, 5.74) is 3.21. The standard InChI is InChI=1S/C47H89N9O5/c1-7-39-37(42(51-35-17-23-60-24-18-35)38-29-50-56(8-2)43(38)53-39)28-49-45(58)41-14-10-13-40(52-41)44(57)48-27-32-16-15-31(3)36(26-32)34-12-9-11-33(25-34)30-54-19-21-55(22-20-54)46(59)61-47(4,5)6/h31-45,48-53,57-58H,7-30H2,1-6H3. The number of rotatable bonds is 15. The SMILES string of the molecule is CCC1NC2C(CNN2CC)C(NC2CCOCC2)C1CNC(O)C1CCCC(C(O)NCC2CCC(C)C(C3CCCC(CN4CCN(C(=O)OC(C)(C)C)CC4)C3)C2)N1. The van der Waals surface area contributed by atoms with Crippen LogP contribution in [0, 0.1) is 41.4 Å². The van der Waals surface area contributed by atoms with Crippen molar-refractivity contribution in [3.63, 3.8) is 0 Å². The number of aliphatic hydroxyl groups excluding tert-OH is 2. The van der Waals surface area contributed by atoms with Crippen molar-refractivity contribution in [3.8, 4) is 0 Å². The molecule has 7 fully saturated rings. The molecule has 14 unspecified atom stereocenters. The van der Waals surface area contributed by atoms with Crippen LogP contribution < -0.4 is 32.0 Å². The number of hydrogen-bond donors (Lipinski definition) is 8. The first-order valence-electron chi connectivity index (χ1n) is 25.3. The van der Waals surface area contributed by atoms with E-state index in [4.69, 9.17) is 9.47 Å². The molecule has 61 heavy (non-hydrogen) atoms. The Bertz CT molecular complexity index is 1330. The molecule has 0 aromatic rings. The maximum absolute atomic E-state index is 12.6. The van der Waals surface area contributed by atoms with E-state index in [0.29, 0.717) is 42.0 Å². The molecule has 0 bridgehead atoms. The minimum atomic E-state index is -0.676. The third kappa shape index (κ3) is 12.8. The zero-order valence-electron chi connectivity index (χ0n) is 39.1. The third-order valence-corrected chi connectivity index (χ3v) is 16.3. The van der Waals surface area contributed by atoms with Gasteiger partial charge < -0.3 is 35.2 Å². The minimum Gasteiger partial charge on any atom is -0.444 e. The number of amides is 1. The fourth-order valence-electron chi connectivity index (χ4n) is 12.8. The average Bonchev–Trinajstić information content (AvgIpc) is 3.68. The van der Waals surface area contributed by atoms with E-state index >= 15 is 0 Å². The molecule has 7 rings (SSSR count). The van der Waals surface area contributed by atoms with Gasteiger partial charge in [-0.1, -0.05) is 46.5 Å². The summed E-state index contributed by atoms with van der Waals surface area (Å²) < 4.78 is 11.3. The highest BCUT2D eigenvalue weighted by atomic mass is 16.6. The Morgan fingerprint density at radius 2 is 1.54 bits per heavy atom. The Hall–Kier alpha value is -1.17. The second-order valence-electron chi connectivity index (χ2n) is 21.6. The van der Waals surface area contributed by atoms with Gasteiger partial charge in [-0.3, -0.25) is 26.3 Å². The number of nitrogens with zero attached hydrogens (tertiary/aromatic N) is 3. The molecule has 5 heterocycles. The number of carbonyl (C=O) groups is 1. The van der Waals surface area contributed by atoms with Crippen molar-refractivity contribution in [1.82, 2.24) is 46.8 Å². The van der Waals surface area contributed by atoms with Crippen LogP contribution in [0.25, 0.3) is 0 Å². The van der Waals surface area contributed by atoms with Crippen LogP contribution in [-0.2, 0) is 9.47 Å². The maximum atomic E-state index is 12.6. The van der Waals surface area contributed by atoms with Crippen LogP contribution in [0.1, 0.15) is 125 Å². The summed E-state index contributed by atoms with van der Waals surface area (Å²) in [6, 6.07) is 0.966. The Labute approximate surface area is 369 Å². The van der Waals surface area contributed by atoms with Crippen molar-refractivity contribution in [2.75, 3.05) is 72.1 Å². The van der Waals surface area contributed by atoms with Crippen molar-refractivity contribution in [2.45, 2.75) is 179 Å². The third-order valence-electron chi connectivity index (χ3n) is 16.3. The van der Waals surface area contributed by atoms with Gasteiger partial charge in [-0.25, -0.2) is 9.80 Å². The molecule has 14 heteroatoms. The number of carbonyl (C=O) groups excluding carboxylic acids is 1. The van der Waals surface area contributed by atoms with Crippen LogP contribution in [0.4, 0.5) is 4.79 Å². The van der Waals surface area contributed by atoms with Gasteiger partial charge in [0.15, 0.2) is 0 Å². The molecule has 2 saturated carbocycles. The number of piperazine rings is 1. The Kier molecular flexibility index (Phi) is 17.5. The van der Waals surface area contributed by atoms with Crippen molar-refractivity contribution < 1.29 is 24.5 Å². The van der Waals surface area contributed by atoms with Crippen molar-refractivity contribution in [3.05, 3.63) is 0 Å². The number of fused-ring (bicyclic) bond motifs is 1. The van der Waals surface area contributed by atoms with Crippen LogP contribution in [-0.4, -0.2) is 158 Å². The topological polar surface area (TPSA) is 158 Å². The Morgan fingerprint density at radius 3 is 2.23 bits per heavy atom. The Balaban J connectivity index is 0.853. The van der Waals surface area contributed by atoms with E-state index in [2.05, 4.69) is 62.7 Å². The minimum absolute atomic E-state index is 0.0772. The summed E-state index contributed by atoms with van der Waals surface area (Å²) in [5, 5.41) is 44.6. The van der Waals surface area contributed by atoms with Gasteiger partial charge in [-0.2, -0.15) is 0 Å². The molecular formula is C47H89N9O5. The molecule has 0 aromatic heterocycles. The zero-order valence-corrected chi connectivity index (χ0v) is 39.1. The lowest BCUT2D eigenvalue weighted by molar-refractivity contribution is 0.00880. The largest absolute Gasteiger partial charge is 0.444 e. The second-order valence-corrected chi connectivity index (χ2v) is 21.6. The number of piperidine rings is 2. The molecule has 352 valence electrons. The fourth-order valence-corrected chi connectivity index (χ4v) is 12.8. The molecule has 8 N–H and O–H groups in total. The van der Waals surface area contributed by atoms with E-state index in [0.717, 1.165) is 134 Å².